The number of rotatable bonds is 4. The molecule has 2 saturated carbocycles. The number of nitrogens with one attached hydrogen (secondary N) is 1. The van der Waals surface area contributed by atoms with Gasteiger partial charge in [0.1, 0.15) is 0 Å². The number of aromatic nitrogens is 2. The fourth-order valence-electron chi connectivity index (χ4n) is 2.17. The van der Waals surface area contributed by atoms with Gasteiger partial charge in [-0.05, 0) is 37.5 Å². The lowest BCUT2D eigenvalue weighted by atomic mass is 10.1. The maximum atomic E-state index is 6.00. The normalized spacial score (nSPS) is 20.2. The number of nitrogens with zero attached hydrogens (tertiary/aromatic N) is 2. The van der Waals surface area contributed by atoms with Crippen LogP contribution in [0.15, 0.2) is 6.07 Å². The van der Waals surface area contributed by atoms with Crippen molar-refractivity contribution in [2.24, 2.45) is 11.8 Å². The molecule has 86 valence electrons. The summed E-state index contributed by atoms with van der Waals surface area (Å²) in [5.74, 6) is 1.63. The monoisotopic (exact) mass is 257 g/mol. The number of anilines is 1. The third kappa shape index (κ3) is 2.25. The predicted octanol–water partition coefficient (Wildman–Crippen LogP) is 3.38. The van der Waals surface area contributed by atoms with Gasteiger partial charge in [-0.1, -0.05) is 23.2 Å². The summed E-state index contributed by atoms with van der Waals surface area (Å²) in [5, 5.41) is 11.8. The first-order valence-corrected chi connectivity index (χ1v) is 6.45. The molecule has 0 bridgehead atoms. The third-order valence-electron chi connectivity index (χ3n) is 3.30. The van der Waals surface area contributed by atoms with Crippen LogP contribution in [0, 0.1) is 11.8 Å². The molecular formula is C11H13Cl2N3. The SMILES string of the molecule is Clc1cc(NC(C2CC2)C2CC2)c(Cl)nn1. The first-order chi connectivity index (χ1) is 7.74. The molecule has 0 amide bonds. The highest BCUT2D eigenvalue weighted by Gasteiger charge is 2.41. The predicted molar refractivity (Wildman–Crippen MR) is 64.9 cm³/mol. The maximum Gasteiger partial charge on any atom is 0.174 e. The molecule has 0 aromatic carbocycles. The molecular weight excluding hydrogens is 245 g/mol. The molecule has 0 radical (unpaired) electrons. The number of hydrogen-bond donors (Lipinski definition) is 1. The highest BCUT2D eigenvalue weighted by molar-refractivity contribution is 6.33. The van der Waals surface area contributed by atoms with Gasteiger partial charge < -0.3 is 5.32 Å². The zero-order valence-electron chi connectivity index (χ0n) is 8.79. The summed E-state index contributed by atoms with van der Waals surface area (Å²) in [6.45, 7) is 0. The van der Waals surface area contributed by atoms with Gasteiger partial charge in [-0.2, -0.15) is 0 Å². The van der Waals surface area contributed by atoms with Gasteiger partial charge in [-0.15, -0.1) is 10.2 Å². The van der Waals surface area contributed by atoms with E-state index < -0.39 is 0 Å². The van der Waals surface area contributed by atoms with E-state index in [4.69, 9.17) is 23.2 Å². The first-order valence-electron chi connectivity index (χ1n) is 5.69. The second-order valence-corrected chi connectivity index (χ2v) is 5.46. The molecule has 0 unspecified atom stereocenters. The lowest BCUT2D eigenvalue weighted by Crippen LogP contribution is -2.24. The lowest BCUT2D eigenvalue weighted by molar-refractivity contribution is 0.567. The fourth-order valence-corrected chi connectivity index (χ4v) is 2.46. The van der Waals surface area contributed by atoms with Gasteiger partial charge in [0, 0.05) is 12.1 Å². The molecule has 1 heterocycles. The molecule has 0 atom stereocenters. The van der Waals surface area contributed by atoms with Crippen LogP contribution in [0.4, 0.5) is 5.69 Å². The van der Waals surface area contributed by atoms with Crippen LogP contribution in [-0.4, -0.2) is 16.2 Å². The summed E-state index contributed by atoms with van der Waals surface area (Å²) in [4.78, 5) is 0. The van der Waals surface area contributed by atoms with Crippen LogP contribution in [0.2, 0.25) is 10.3 Å². The Bertz CT molecular complexity index is 390. The molecule has 0 saturated heterocycles. The zero-order chi connectivity index (χ0) is 11.1. The summed E-state index contributed by atoms with van der Waals surface area (Å²) in [5.41, 5.74) is 0.825. The Labute approximate surface area is 105 Å². The molecule has 3 rings (SSSR count). The number of hydrogen-bond acceptors (Lipinski definition) is 3. The zero-order valence-corrected chi connectivity index (χ0v) is 10.3. The van der Waals surface area contributed by atoms with E-state index in [1.54, 1.807) is 6.07 Å². The Balaban J connectivity index is 1.78. The van der Waals surface area contributed by atoms with E-state index in [1.165, 1.54) is 25.7 Å². The second-order valence-electron chi connectivity index (χ2n) is 4.72. The summed E-state index contributed by atoms with van der Waals surface area (Å²) >= 11 is 11.8. The average Bonchev–Trinajstić information content (AvgIpc) is 3.13. The van der Waals surface area contributed by atoms with Crippen molar-refractivity contribution >= 4 is 28.9 Å². The van der Waals surface area contributed by atoms with E-state index in [2.05, 4.69) is 15.5 Å². The van der Waals surface area contributed by atoms with E-state index in [0.29, 0.717) is 16.3 Å². The van der Waals surface area contributed by atoms with E-state index in [-0.39, 0.29) is 0 Å². The highest BCUT2D eigenvalue weighted by atomic mass is 35.5. The van der Waals surface area contributed by atoms with Gasteiger partial charge in [-0.25, -0.2) is 0 Å². The maximum absolute atomic E-state index is 6.00. The Morgan fingerprint density at radius 1 is 1.12 bits per heavy atom. The van der Waals surface area contributed by atoms with Crippen molar-refractivity contribution in [2.45, 2.75) is 31.7 Å². The molecule has 3 nitrogen and oxygen atoms in total. The van der Waals surface area contributed by atoms with E-state index in [9.17, 15) is 0 Å². The molecule has 16 heavy (non-hydrogen) atoms. The quantitative estimate of drug-likeness (QED) is 0.899. The fraction of sp³-hybridized carbons (Fsp3) is 0.636. The molecule has 0 aliphatic heterocycles. The van der Waals surface area contributed by atoms with Crippen molar-refractivity contribution in [1.29, 1.82) is 0 Å². The molecule has 2 aliphatic rings. The van der Waals surface area contributed by atoms with Crippen LogP contribution in [0.3, 0.4) is 0 Å². The van der Waals surface area contributed by atoms with Gasteiger partial charge in [0.05, 0.1) is 5.69 Å². The van der Waals surface area contributed by atoms with E-state index in [0.717, 1.165) is 17.5 Å². The molecule has 2 aliphatic carbocycles. The second kappa shape index (κ2) is 4.04. The van der Waals surface area contributed by atoms with Crippen molar-refractivity contribution in [3.05, 3.63) is 16.4 Å². The van der Waals surface area contributed by atoms with E-state index in [1.807, 2.05) is 0 Å². The minimum atomic E-state index is 0.386. The van der Waals surface area contributed by atoms with Gasteiger partial charge in [0.25, 0.3) is 0 Å². The molecule has 1 aromatic heterocycles. The minimum Gasteiger partial charge on any atom is -0.379 e. The average molecular weight is 258 g/mol. The first kappa shape index (κ1) is 10.6. The largest absolute Gasteiger partial charge is 0.379 e. The standard InChI is InChI=1S/C11H13Cl2N3/c12-9-5-8(11(13)16-15-9)14-10(6-1-2-6)7-3-4-7/h5-7,10H,1-4H2,(H,14,15). The van der Waals surface area contributed by atoms with Gasteiger partial charge in [0.2, 0.25) is 0 Å². The van der Waals surface area contributed by atoms with Crippen LogP contribution in [0.25, 0.3) is 0 Å². The summed E-state index contributed by atoms with van der Waals surface area (Å²) < 4.78 is 0. The van der Waals surface area contributed by atoms with Crippen molar-refractivity contribution in [3.63, 3.8) is 0 Å². The van der Waals surface area contributed by atoms with Gasteiger partial charge in [0.15, 0.2) is 10.3 Å². The molecule has 1 aromatic rings. The van der Waals surface area contributed by atoms with Crippen LogP contribution < -0.4 is 5.32 Å². The molecule has 2 fully saturated rings. The Kier molecular flexibility index (Phi) is 2.68. The molecule has 5 heteroatoms. The summed E-state index contributed by atoms with van der Waals surface area (Å²) in [6, 6.07) is 2.31. The smallest absolute Gasteiger partial charge is 0.174 e. The Morgan fingerprint density at radius 2 is 1.75 bits per heavy atom. The van der Waals surface area contributed by atoms with Crippen molar-refractivity contribution in [1.82, 2.24) is 10.2 Å². The van der Waals surface area contributed by atoms with Crippen molar-refractivity contribution in [2.75, 3.05) is 5.32 Å². The minimum absolute atomic E-state index is 0.386. The van der Waals surface area contributed by atoms with E-state index >= 15 is 0 Å². The van der Waals surface area contributed by atoms with Crippen LogP contribution in [0.5, 0.6) is 0 Å². The third-order valence-corrected chi connectivity index (χ3v) is 3.76. The van der Waals surface area contributed by atoms with Crippen LogP contribution in [-0.2, 0) is 0 Å². The molecule has 1 N–H and O–H groups in total. The van der Waals surface area contributed by atoms with Crippen LogP contribution in [0.1, 0.15) is 25.7 Å². The van der Waals surface area contributed by atoms with Crippen molar-refractivity contribution < 1.29 is 0 Å². The summed E-state index contributed by atoms with van der Waals surface area (Å²) in [7, 11) is 0. The van der Waals surface area contributed by atoms with Gasteiger partial charge in [-0.3, -0.25) is 0 Å². The Morgan fingerprint density at radius 3 is 2.31 bits per heavy atom. The highest BCUT2D eigenvalue weighted by Crippen LogP contribution is 2.46. The van der Waals surface area contributed by atoms with Crippen LogP contribution >= 0.6 is 23.2 Å². The topological polar surface area (TPSA) is 37.8 Å². The lowest BCUT2D eigenvalue weighted by Gasteiger charge is -2.19. The van der Waals surface area contributed by atoms with Gasteiger partial charge >= 0.3 is 0 Å². The Hall–Kier alpha value is -0.540. The van der Waals surface area contributed by atoms with Crippen molar-refractivity contribution in [3.8, 4) is 0 Å². The summed E-state index contributed by atoms with van der Waals surface area (Å²) in [6.07, 6.45) is 5.33. The number of halogens is 2. The molecule has 0 spiro atoms.